The molecule has 9 heteroatoms. The van der Waals surface area contributed by atoms with Gasteiger partial charge in [-0.2, -0.15) is 0 Å². The second kappa shape index (κ2) is 9.22. The van der Waals surface area contributed by atoms with Crippen LogP contribution in [0.2, 0.25) is 0 Å². The molecule has 3 atom stereocenters. The lowest BCUT2D eigenvalue weighted by Crippen LogP contribution is -2.16. The van der Waals surface area contributed by atoms with E-state index in [-0.39, 0.29) is 12.3 Å². The van der Waals surface area contributed by atoms with Crippen molar-refractivity contribution in [3.63, 3.8) is 0 Å². The Hall–Kier alpha value is -3.33. The predicted molar refractivity (Wildman–Crippen MR) is 118 cm³/mol. The van der Waals surface area contributed by atoms with Crippen molar-refractivity contribution in [1.29, 1.82) is 0 Å². The second-order valence-electron chi connectivity index (χ2n) is 7.62. The predicted octanol–water partition coefficient (Wildman–Crippen LogP) is 3.37. The molecule has 3 rings (SSSR count). The summed E-state index contributed by atoms with van der Waals surface area (Å²) in [6.07, 6.45) is 3.87. The Kier molecular flexibility index (Phi) is 6.65. The summed E-state index contributed by atoms with van der Waals surface area (Å²) in [4.78, 5) is 24.7. The van der Waals surface area contributed by atoms with Crippen LogP contribution in [0.25, 0.3) is 11.4 Å². The third-order valence-corrected chi connectivity index (χ3v) is 5.11. The van der Waals surface area contributed by atoms with E-state index in [2.05, 4.69) is 38.7 Å². The zero-order chi connectivity index (χ0) is 22.7. The van der Waals surface area contributed by atoms with Crippen LogP contribution in [0.1, 0.15) is 26.7 Å². The first kappa shape index (κ1) is 22.4. The van der Waals surface area contributed by atoms with E-state index in [1.54, 1.807) is 23.0 Å². The Bertz CT molecular complexity index is 1040. The van der Waals surface area contributed by atoms with Crippen molar-refractivity contribution >= 4 is 17.5 Å². The number of alkyl halides is 1. The van der Waals surface area contributed by atoms with Gasteiger partial charge in [0.2, 0.25) is 5.91 Å². The van der Waals surface area contributed by atoms with Gasteiger partial charge in [-0.25, -0.2) is 19.3 Å². The number of hydrogen-bond acceptors (Lipinski definition) is 6. The van der Waals surface area contributed by atoms with E-state index in [1.165, 1.54) is 6.33 Å². The lowest BCUT2D eigenvalue weighted by atomic mass is 10.1. The van der Waals surface area contributed by atoms with Gasteiger partial charge in [-0.15, -0.1) is 0 Å². The minimum Gasteiger partial charge on any atom is -0.388 e. The van der Waals surface area contributed by atoms with Crippen molar-refractivity contribution in [2.45, 2.75) is 39.0 Å². The molecular weight excluding hydrogens is 399 g/mol. The number of aryl methyl sites for hydroxylation is 1. The summed E-state index contributed by atoms with van der Waals surface area (Å²) in [5.74, 6) is -0.180. The van der Waals surface area contributed by atoms with Crippen LogP contribution in [-0.2, 0) is 11.8 Å². The molecule has 2 aromatic heterocycles. The average molecular weight is 426 g/mol. The maximum absolute atomic E-state index is 13.1. The van der Waals surface area contributed by atoms with E-state index in [4.69, 9.17) is 0 Å². The topological polar surface area (TPSA) is 105 Å². The van der Waals surface area contributed by atoms with Crippen LogP contribution in [0.3, 0.4) is 0 Å². The van der Waals surface area contributed by atoms with Gasteiger partial charge in [-0.1, -0.05) is 26.2 Å². The minimum atomic E-state index is -1.08. The van der Waals surface area contributed by atoms with Crippen LogP contribution < -0.4 is 10.6 Å². The summed E-state index contributed by atoms with van der Waals surface area (Å²) in [6.45, 7) is 11.7. The largest absolute Gasteiger partial charge is 0.388 e. The standard InChI is InChI=1S/C22H27FN6O2/c1-6-18(30)13(3)7-12(2)14(4)27-21-20(29(5)11-26-21)17-9-19(25-10-24-17)28-22(31)15-8-16(15)23/h7,9-11,15-16,18,27,30H,3-4,6,8H2,1-2,5H3,(H,24,25,28,31)/b12-7-/t15-,16+,18?/m0/s1. The third-order valence-electron chi connectivity index (χ3n) is 5.11. The lowest BCUT2D eigenvalue weighted by Gasteiger charge is -2.13. The van der Waals surface area contributed by atoms with Crippen LogP contribution in [0.15, 0.2) is 54.8 Å². The first-order valence-corrected chi connectivity index (χ1v) is 10.0. The molecule has 1 amide bonds. The highest BCUT2D eigenvalue weighted by molar-refractivity contribution is 5.94. The number of aliphatic hydroxyl groups excluding tert-OH is 1. The van der Waals surface area contributed by atoms with Gasteiger partial charge in [-0.05, 0) is 30.9 Å². The maximum Gasteiger partial charge on any atom is 0.231 e. The summed E-state index contributed by atoms with van der Waals surface area (Å²) < 4.78 is 14.9. The monoisotopic (exact) mass is 426 g/mol. The molecular formula is C22H27FN6O2. The molecule has 0 bridgehead atoms. The van der Waals surface area contributed by atoms with Crippen molar-refractivity contribution in [2.75, 3.05) is 10.6 Å². The molecule has 2 heterocycles. The lowest BCUT2D eigenvalue weighted by molar-refractivity contribution is -0.117. The van der Waals surface area contributed by atoms with Crippen molar-refractivity contribution < 1.29 is 14.3 Å². The molecule has 0 radical (unpaired) electrons. The summed E-state index contributed by atoms with van der Waals surface area (Å²) in [7, 11) is 1.82. The molecule has 2 aromatic rings. The molecule has 1 fully saturated rings. The molecule has 31 heavy (non-hydrogen) atoms. The van der Waals surface area contributed by atoms with Crippen molar-refractivity contribution in [2.24, 2.45) is 13.0 Å². The van der Waals surface area contributed by atoms with Crippen LogP contribution in [0.4, 0.5) is 16.0 Å². The van der Waals surface area contributed by atoms with Gasteiger partial charge in [0.05, 0.1) is 24.0 Å². The second-order valence-corrected chi connectivity index (χ2v) is 7.62. The molecule has 1 aliphatic rings. The number of imidazole rings is 1. The number of aliphatic hydroxyl groups is 1. The highest BCUT2D eigenvalue weighted by atomic mass is 19.1. The molecule has 3 N–H and O–H groups in total. The van der Waals surface area contributed by atoms with E-state index in [0.717, 1.165) is 5.57 Å². The van der Waals surface area contributed by atoms with Crippen LogP contribution in [0.5, 0.6) is 0 Å². The SMILES string of the molecule is C=C(Nc1ncn(C)c1-c1cc(NC(=O)[C@H]2C[C@H]2F)ncn1)/C(C)=C\C(=C)C(O)CC. The number of nitrogens with one attached hydrogen (secondary N) is 2. The highest BCUT2D eigenvalue weighted by Gasteiger charge is 2.43. The van der Waals surface area contributed by atoms with E-state index in [0.29, 0.717) is 40.7 Å². The molecule has 164 valence electrons. The molecule has 0 aromatic carbocycles. The fraction of sp³-hybridized carbons (Fsp3) is 0.364. The normalized spacial score (nSPS) is 18.9. The Morgan fingerprint density at radius 3 is 2.74 bits per heavy atom. The van der Waals surface area contributed by atoms with Gasteiger partial charge in [0.15, 0.2) is 5.82 Å². The van der Waals surface area contributed by atoms with Gasteiger partial charge in [-0.3, -0.25) is 4.79 Å². The van der Waals surface area contributed by atoms with E-state index >= 15 is 0 Å². The Morgan fingerprint density at radius 2 is 2.10 bits per heavy atom. The Balaban J connectivity index is 1.79. The Labute approximate surface area is 180 Å². The van der Waals surface area contributed by atoms with Gasteiger partial charge in [0.25, 0.3) is 0 Å². The number of carbonyl (C=O) groups is 1. The number of nitrogens with zero attached hydrogens (tertiary/aromatic N) is 4. The molecule has 1 unspecified atom stereocenters. The number of allylic oxidation sites excluding steroid dienone is 1. The number of rotatable bonds is 9. The number of amides is 1. The third kappa shape index (κ3) is 5.24. The average Bonchev–Trinajstić information content (AvgIpc) is 3.37. The minimum absolute atomic E-state index is 0.246. The van der Waals surface area contributed by atoms with Crippen molar-refractivity contribution in [3.8, 4) is 11.4 Å². The van der Waals surface area contributed by atoms with E-state index in [1.807, 2.05) is 20.9 Å². The smallest absolute Gasteiger partial charge is 0.231 e. The summed E-state index contributed by atoms with van der Waals surface area (Å²) >= 11 is 0. The zero-order valence-electron chi connectivity index (χ0n) is 17.9. The molecule has 0 spiro atoms. The first-order chi connectivity index (χ1) is 14.7. The molecule has 0 aliphatic heterocycles. The van der Waals surface area contributed by atoms with E-state index < -0.39 is 18.2 Å². The fourth-order valence-electron chi connectivity index (χ4n) is 3.00. The van der Waals surface area contributed by atoms with Crippen LogP contribution in [0, 0.1) is 5.92 Å². The summed E-state index contributed by atoms with van der Waals surface area (Å²) in [5.41, 5.74) is 3.19. The van der Waals surface area contributed by atoms with E-state index in [9.17, 15) is 14.3 Å². The van der Waals surface area contributed by atoms with Crippen molar-refractivity contribution in [3.05, 3.63) is 54.8 Å². The number of halogens is 1. The van der Waals surface area contributed by atoms with Crippen molar-refractivity contribution in [1.82, 2.24) is 19.5 Å². The number of carbonyl (C=O) groups excluding carboxylic acids is 1. The maximum atomic E-state index is 13.1. The number of anilines is 2. The molecule has 8 nitrogen and oxygen atoms in total. The fourth-order valence-corrected chi connectivity index (χ4v) is 3.00. The first-order valence-electron chi connectivity index (χ1n) is 10.0. The number of aromatic nitrogens is 4. The quantitative estimate of drug-likeness (QED) is 0.531. The molecule has 0 saturated heterocycles. The molecule has 1 aliphatic carbocycles. The molecule has 1 saturated carbocycles. The Morgan fingerprint density at radius 1 is 1.39 bits per heavy atom. The summed E-state index contributed by atoms with van der Waals surface area (Å²) in [5, 5.41) is 15.7. The van der Waals surface area contributed by atoms with Crippen LogP contribution in [-0.4, -0.2) is 42.8 Å². The van der Waals surface area contributed by atoms with Crippen LogP contribution >= 0.6 is 0 Å². The van der Waals surface area contributed by atoms with Gasteiger partial charge >= 0.3 is 0 Å². The van der Waals surface area contributed by atoms with Gasteiger partial charge in [0, 0.05) is 18.8 Å². The zero-order valence-corrected chi connectivity index (χ0v) is 17.9. The summed E-state index contributed by atoms with van der Waals surface area (Å²) in [6, 6.07) is 1.61. The number of hydrogen-bond donors (Lipinski definition) is 3. The van der Waals surface area contributed by atoms with Gasteiger partial charge in [0.1, 0.15) is 24.0 Å². The van der Waals surface area contributed by atoms with Gasteiger partial charge < -0.3 is 20.3 Å². The highest BCUT2D eigenvalue weighted by Crippen LogP contribution is 2.35.